The van der Waals surface area contributed by atoms with E-state index < -0.39 is 12.7 Å². The Morgan fingerprint density at radius 2 is 1.96 bits per heavy atom. The molecule has 1 unspecified atom stereocenters. The summed E-state index contributed by atoms with van der Waals surface area (Å²) in [5.74, 6) is 1.07. The predicted molar refractivity (Wildman–Crippen MR) is 102 cm³/mol. The van der Waals surface area contributed by atoms with Crippen molar-refractivity contribution in [2.24, 2.45) is 4.99 Å². The second kappa shape index (κ2) is 11.0. The first-order valence-corrected chi connectivity index (χ1v) is 8.76. The van der Waals surface area contributed by atoms with Crippen molar-refractivity contribution in [3.05, 3.63) is 53.7 Å². The summed E-state index contributed by atoms with van der Waals surface area (Å²) in [5.41, 5.74) is 1.40. The Labute approximate surface area is 162 Å². The molecule has 152 valence electrons. The number of aliphatic hydroxyl groups is 1. The molecule has 0 radical (unpaired) electrons. The number of benzene rings is 1. The van der Waals surface area contributed by atoms with Gasteiger partial charge >= 0.3 is 6.61 Å². The number of aromatic nitrogens is 1. The van der Waals surface area contributed by atoms with E-state index in [-0.39, 0.29) is 12.3 Å². The number of halogens is 2. The van der Waals surface area contributed by atoms with Gasteiger partial charge in [0.25, 0.3) is 0 Å². The number of hydrogen-bond acceptors (Lipinski definition) is 5. The van der Waals surface area contributed by atoms with Gasteiger partial charge < -0.3 is 25.2 Å². The summed E-state index contributed by atoms with van der Waals surface area (Å²) in [6, 6.07) is 9.52. The molecule has 9 heteroatoms. The number of rotatable bonds is 9. The molecule has 0 spiro atoms. The van der Waals surface area contributed by atoms with Crippen LogP contribution in [0.25, 0.3) is 0 Å². The molecule has 1 aromatic heterocycles. The van der Waals surface area contributed by atoms with Crippen molar-refractivity contribution in [3.8, 4) is 11.6 Å². The van der Waals surface area contributed by atoms with Crippen molar-refractivity contribution < 1.29 is 23.4 Å². The van der Waals surface area contributed by atoms with Gasteiger partial charge in [0, 0.05) is 24.8 Å². The van der Waals surface area contributed by atoms with Crippen LogP contribution in [0.3, 0.4) is 0 Å². The summed E-state index contributed by atoms with van der Waals surface area (Å²) >= 11 is 0. The van der Waals surface area contributed by atoms with Crippen molar-refractivity contribution in [1.82, 2.24) is 15.6 Å². The average Bonchev–Trinajstić information content (AvgIpc) is 2.70. The molecule has 28 heavy (non-hydrogen) atoms. The zero-order valence-corrected chi connectivity index (χ0v) is 15.7. The molecule has 1 heterocycles. The lowest BCUT2D eigenvalue weighted by Gasteiger charge is -2.16. The maximum Gasteiger partial charge on any atom is 0.387 e. The highest BCUT2D eigenvalue weighted by Crippen LogP contribution is 2.19. The number of aliphatic imine (C=N–C) groups is 1. The standard InChI is InChI=1S/C19H24F2N4O3/c1-3-22-19(24-11-14-5-4-10-23-17(14)27-2)25-12-16(26)13-6-8-15(9-7-13)28-18(20)21/h4-10,16,18,26H,3,11-12H2,1-2H3,(H2,22,24,25). The van der Waals surface area contributed by atoms with Crippen molar-refractivity contribution in [2.45, 2.75) is 26.2 Å². The number of aliphatic hydroxyl groups excluding tert-OH is 1. The van der Waals surface area contributed by atoms with Crippen molar-refractivity contribution in [2.75, 3.05) is 20.2 Å². The molecular weight excluding hydrogens is 370 g/mol. The number of hydrogen-bond donors (Lipinski definition) is 3. The highest BCUT2D eigenvalue weighted by molar-refractivity contribution is 5.79. The number of alkyl halides is 2. The van der Waals surface area contributed by atoms with Crippen LogP contribution in [0.4, 0.5) is 8.78 Å². The van der Waals surface area contributed by atoms with Crippen LogP contribution in [-0.2, 0) is 6.54 Å². The van der Waals surface area contributed by atoms with E-state index >= 15 is 0 Å². The van der Waals surface area contributed by atoms with Crippen LogP contribution in [0.5, 0.6) is 11.6 Å². The van der Waals surface area contributed by atoms with Crippen LogP contribution in [0.2, 0.25) is 0 Å². The number of pyridine rings is 1. The third-order valence-electron chi connectivity index (χ3n) is 3.75. The lowest BCUT2D eigenvalue weighted by Crippen LogP contribution is -2.39. The highest BCUT2D eigenvalue weighted by Gasteiger charge is 2.10. The Bertz CT molecular complexity index is 757. The minimum atomic E-state index is -2.88. The van der Waals surface area contributed by atoms with E-state index in [1.165, 1.54) is 24.3 Å². The second-order valence-electron chi connectivity index (χ2n) is 5.71. The molecule has 2 aromatic rings. The van der Waals surface area contributed by atoms with Gasteiger partial charge in [-0.2, -0.15) is 8.78 Å². The normalized spacial score (nSPS) is 12.6. The molecule has 0 aliphatic carbocycles. The Morgan fingerprint density at radius 1 is 1.21 bits per heavy atom. The fourth-order valence-electron chi connectivity index (χ4n) is 2.42. The van der Waals surface area contributed by atoms with Gasteiger partial charge in [-0.15, -0.1) is 0 Å². The molecule has 1 atom stereocenters. The predicted octanol–water partition coefficient (Wildman–Crippen LogP) is 2.48. The van der Waals surface area contributed by atoms with Gasteiger partial charge in [-0.1, -0.05) is 18.2 Å². The summed E-state index contributed by atoms with van der Waals surface area (Å²) in [7, 11) is 1.55. The van der Waals surface area contributed by atoms with Crippen LogP contribution in [0.1, 0.15) is 24.2 Å². The molecule has 2 rings (SSSR count). The average molecular weight is 394 g/mol. The summed E-state index contributed by atoms with van der Waals surface area (Å²) in [4.78, 5) is 8.60. The first-order valence-electron chi connectivity index (χ1n) is 8.76. The quantitative estimate of drug-likeness (QED) is 0.447. The SMILES string of the molecule is CCNC(=NCc1cccnc1OC)NCC(O)c1ccc(OC(F)F)cc1. The lowest BCUT2D eigenvalue weighted by atomic mass is 10.1. The van der Waals surface area contributed by atoms with E-state index in [2.05, 4.69) is 25.3 Å². The highest BCUT2D eigenvalue weighted by atomic mass is 19.3. The first-order chi connectivity index (χ1) is 13.5. The zero-order chi connectivity index (χ0) is 20.4. The molecule has 7 nitrogen and oxygen atoms in total. The van der Waals surface area contributed by atoms with Crippen molar-refractivity contribution >= 4 is 5.96 Å². The summed E-state index contributed by atoms with van der Waals surface area (Å²) < 4.78 is 33.9. The molecule has 1 aromatic carbocycles. The van der Waals surface area contributed by atoms with Crippen LogP contribution in [-0.4, -0.2) is 42.9 Å². The van der Waals surface area contributed by atoms with Crippen molar-refractivity contribution in [3.63, 3.8) is 0 Å². The van der Waals surface area contributed by atoms with E-state index in [1.807, 2.05) is 13.0 Å². The molecule has 0 bridgehead atoms. The molecule has 0 amide bonds. The number of methoxy groups -OCH3 is 1. The van der Waals surface area contributed by atoms with Crippen LogP contribution >= 0.6 is 0 Å². The molecule has 0 fully saturated rings. The number of guanidine groups is 1. The van der Waals surface area contributed by atoms with Gasteiger partial charge in [-0.3, -0.25) is 0 Å². The Hall–Kier alpha value is -2.94. The summed E-state index contributed by atoms with van der Waals surface area (Å²) in [5, 5.41) is 16.5. The fourth-order valence-corrected chi connectivity index (χ4v) is 2.42. The maximum absolute atomic E-state index is 12.2. The van der Waals surface area contributed by atoms with Crippen LogP contribution in [0.15, 0.2) is 47.6 Å². The van der Waals surface area contributed by atoms with Gasteiger partial charge in [0.05, 0.1) is 19.8 Å². The number of ether oxygens (including phenoxy) is 2. The largest absolute Gasteiger partial charge is 0.481 e. The van der Waals surface area contributed by atoms with E-state index in [4.69, 9.17) is 4.74 Å². The van der Waals surface area contributed by atoms with Gasteiger partial charge in [0.15, 0.2) is 5.96 Å². The minimum Gasteiger partial charge on any atom is -0.481 e. The molecule has 3 N–H and O–H groups in total. The van der Waals surface area contributed by atoms with Gasteiger partial charge in [-0.05, 0) is 30.7 Å². The fraction of sp³-hybridized carbons (Fsp3) is 0.368. The molecular formula is C19H24F2N4O3. The maximum atomic E-state index is 12.2. The van der Waals surface area contributed by atoms with Crippen LogP contribution < -0.4 is 20.1 Å². The van der Waals surface area contributed by atoms with E-state index in [9.17, 15) is 13.9 Å². The van der Waals surface area contributed by atoms with Crippen molar-refractivity contribution in [1.29, 1.82) is 0 Å². The van der Waals surface area contributed by atoms with Gasteiger partial charge in [0.1, 0.15) is 5.75 Å². The Morgan fingerprint density at radius 3 is 2.61 bits per heavy atom. The second-order valence-corrected chi connectivity index (χ2v) is 5.71. The molecule has 0 saturated carbocycles. The topological polar surface area (TPSA) is 88.0 Å². The monoisotopic (exact) mass is 394 g/mol. The third kappa shape index (κ3) is 6.66. The molecule has 0 saturated heterocycles. The van der Waals surface area contributed by atoms with E-state index in [0.717, 1.165) is 5.56 Å². The molecule has 0 aliphatic heterocycles. The Kier molecular flexibility index (Phi) is 8.41. The number of nitrogens with one attached hydrogen (secondary N) is 2. The number of nitrogens with zero attached hydrogens (tertiary/aromatic N) is 2. The van der Waals surface area contributed by atoms with E-state index in [1.54, 1.807) is 19.4 Å². The van der Waals surface area contributed by atoms with E-state index in [0.29, 0.717) is 30.5 Å². The summed E-state index contributed by atoms with van der Waals surface area (Å²) in [6.07, 6.45) is 0.793. The minimum absolute atomic E-state index is 0.0410. The van der Waals surface area contributed by atoms with Crippen LogP contribution in [0, 0.1) is 0 Å². The summed E-state index contributed by atoms with van der Waals surface area (Å²) in [6.45, 7) is 0.230. The van der Waals surface area contributed by atoms with Gasteiger partial charge in [-0.25, -0.2) is 9.98 Å². The molecule has 0 aliphatic rings. The lowest BCUT2D eigenvalue weighted by molar-refractivity contribution is -0.0498. The van der Waals surface area contributed by atoms with Gasteiger partial charge in [0.2, 0.25) is 5.88 Å². The zero-order valence-electron chi connectivity index (χ0n) is 15.7. The smallest absolute Gasteiger partial charge is 0.387 e. The third-order valence-corrected chi connectivity index (χ3v) is 3.75. The Balaban J connectivity index is 1.96. The first kappa shape index (κ1) is 21.4.